The van der Waals surface area contributed by atoms with Gasteiger partial charge in [0.1, 0.15) is 0 Å². The van der Waals surface area contributed by atoms with E-state index in [0.29, 0.717) is 5.25 Å². The standard InChI is InChI=1S/C15H24S/c1-5-7-12-15(16-4)13-9-8-11-14(3)10-6-2/h5,15H,1,3,6-7,10-13H2,2,4H3. The largest absolute Gasteiger partial charge is 0.161 e. The summed E-state index contributed by atoms with van der Waals surface area (Å²) in [4.78, 5) is 0. The summed E-state index contributed by atoms with van der Waals surface area (Å²) in [5.74, 6) is 6.49. The highest BCUT2D eigenvalue weighted by atomic mass is 32.2. The van der Waals surface area contributed by atoms with Crippen LogP contribution in [0.5, 0.6) is 0 Å². The Morgan fingerprint density at radius 2 is 2.19 bits per heavy atom. The van der Waals surface area contributed by atoms with Crippen LogP contribution in [0.25, 0.3) is 0 Å². The van der Waals surface area contributed by atoms with E-state index in [1.54, 1.807) is 0 Å². The van der Waals surface area contributed by atoms with Gasteiger partial charge in [-0.1, -0.05) is 37.5 Å². The summed E-state index contributed by atoms with van der Waals surface area (Å²) in [7, 11) is 0. The average Bonchev–Trinajstić information content (AvgIpc) is 2.28. The van der Waals surface area contributed by atoms with E-state index in [1.807, 2.05) is 17.8 Å². The molecule has 0 saturated heterocycles. The molecular formula is C15H24S. The minimum absolute atomic E-state index is 0.657. The van der Waals surface area contributed by atoms with Crippen molar-refractivity contribution in [2.24, 2.45) is 0 Å². The summed E-state index contributed by atoms with van der Waals surface area (Å²) in [6.45, 7) is 9.94. The SMILES string of the molecule is C=CCCC(CC#CCC(=C)CCC)SC. The first-order valence-corrected chi connectivity index (χ1v) is 7.29. The van der Waals surface area contributed by atoms with Crippen LogP contribution in [0.4, 0.5) is 0 Å². The second-order valence-corrected chi connectivity index (χ2v) is 5.10. The summed E-state index contributed by atoms with van der Waals surface area (Å²) < 4.78 is 0. The van der Waals surface area contributed by atoms with Crippen LogP contribution in [0.2, 0.25) is 0 Å². The second-order valence-electron chi connectivity index (χ2n) is 3.96. The molecule has 0 rings (SSSR count). The Morgan fingerprint density at radius 3 is 2.75 bits per heavy atom. The normalized spacial score (nSPS) is 11.4. The van der Waals surface area contributed by atoms with E-state index in [-0.39, 0.29) is 0 Å². The predicted molar refractivity (Wildman–Crippen MR) is 77.8 cm³/mol. The third-order valence-corrected chi connectivity index (χ3v) is 3.49. The summed E-state index contributed by atoms with van der Waals surface area (Å²) in [6.07, 6.45) is 10.6. The van der Waals surface area contributed by atoms with Crippen molar-refractivity contribution in [2.75, 3.05) is 6.26 Å². The van der Waals surface area contributed by atoms with Gasteiger partial charge < -0.3 is 0 Å². The van der Waals surface area contributed by atoms with Crippen molar-refractivity contribution < 1.29 is 0 Å². The molecule has 16 heavy (non-hydrogen) atoms. The highest BCUT2D eigenvalue weighted by Crippen LogP contribution is 2.16. The molecule has 0 fully saturated rings. The maximum Gasteiger partial charge on any atom is 0.0296 e. The van der Waals surface area contributed by atoms with Crippen molar-refractivity contribution in [3.63, 3.8) is 0 Å². The molecule has 1 unspecified atom stereocenters. The fourth-order valence-electron chi connectivity index (χ4n) is 1.42. The summed E-state index contributed by atoms with van der Waals surface area (Å²) in [5, 5.41) is 0.657. The van der Waals surface area contributed by atoms with Gasteiger partial charge in [0.2, 0.25) is 0 Å². The molecule has 0 saturated carbocycles. The molecule has 0 aliphatic heterocycles. The van der Waals surface area contributed by atoms with E-state index in [9.17, 15) is 0 Å². The molecule has 0 amide bonds. The van der Waals surface area contributed by atoms with Gasteiger partial charge in [-0.05, 0) is 25.5 Å². The molecule has 0 N–H and O–H groups in total. The average molecular weight is 236 g/mol. The first-order chi connectivity index (χ1) is 7.74. The Balaban J connectivity index is 3.78. The van der Waals surface area contributed by atoms with Crippen molar-refractivity contribution in [1.82, 2.24) is 0 Å². The fraction of sp³-hybridized carbons (Fsp3) is 0.600. The monoisotopic (exact) mass is 236 g/mol. The number of allylic oxidation sites excluding steroid dienone is 2. The molecule has 0 radical (unpaired) electrons. The Kier molecular flexibility index (Phi) is 10.5. The van der Waals surface area contributed by atoms with Crippen LogP contribution in [0.3, 0.4) is 0 Å². The topological polar surface area (TPSA) is 0 Å². The van der Waals surface area contributed by atoms with Crippen LogP contribution in [-0.2, 0) is 0 Å². The Bertz CT molecular complexity index is 254. The van der Waals surface area contributed by atoms with E-state index in [0.717, 1.165) is 25.7 Å². The molecule has 0 aromatic carbocycles. The summed E-state index contributed by atoms with van der Waals surface area (Å²) >= 11 is 1.91. The van der Waals surface area contributed by atoms with Gasteiger partial charge in [0.05, 0.1) is 0 Å². The zero-order valence-electron chi connectivity index (χ0n) is 10.7. The molecule has 0 spiro atoms. The maximum absolute atomic E-state index is 4.01. The lowest BCUT2D eigenvalue weighted by Gasteiger charge is -2.08. The molecule has 1 atom stereocenters. The van der Waals surface area contributed by atoms with Crippen molar-refractivity contribution in [2.45, 2.75) is 50.7 Å². The van der Waals surface area contributed by atoms with Gasteiger partial charge in [0.25, 0.3) is 0 Å². The van der Waals surface area contributed by atoms with Gasteiger partial charge in [-0.15, -0.1) is 12.5 Å². The minimum atomic E-state index is 0.657. The molecule has 0 heterocycles. The van der Waals surface area contributed by atoms with Crippen molar-refractivity contribution in [3.8, 4) is 11.8 Å². The van der Waals surface area contributed by atoms with Gasteiger partial charge in [-0.25, -0.2) is 0 Å². The van der Waals surface area contributed by atoms with Crippen LogP contribution in [0, 0.1) is 11.8 Å². The lowest BCUT2D eigenvalue weighted by molar-refractivity contribution is 0.793. The van der Waals surface area contributed by atoms with E-state index >= 15 is 0 Å². The van der Waals surface area contributed by atoms with E-state index < -0.39 is 0 Å². The Labute approximate surface area is 106 Å². The van der Waals surface area contributed by atoms with Crippen molar-refractivity contribution in [3.05, 3.63) is 24.8 Å². The number of thioether (sulfide) groups is 1. The number of hydrogen-bond donors (Lipinski definition) is 0. The third kappa shape index (κ3) is 8.68. The second kappa shape index (κ2) is 10.9. The first-order valence-electron chi connectivity index (χ1n) is 6.00. The van der Waals surface area contributed by atoms with Gasteiger partial charge in [0, 0.05) is 18.1 Å². The van der Waals surface area contributed by atoms with Crippen LogP contribution < -0.4 is 0 Å². The predicted octanol–water partition coefficient (Wildman–Crippen LogP) is 4.82. The molecule has 0 bridgehead atoms. The van der Waals surface area contributed by atoms with Gasteiger partial charge in [0.15, 0.2) is 0 Å². The van der Waals surface area contributed by atoms with Crippen molar-refractivity contribution >= 4 is 11.8 Å². The number of rotatable bonds is 8. The third-order valence-electron chi connectivity index (χ3n) is 2.42. The molecule has 0 aromatic rings. The lowest BCUT2D eigenvalue weighted by atomic mass is 10.1. The number of hydrogen-bond acceptors (Lipinski definition) is 1. The first kappa shape index (κ1) is 15.4. The van der Waals surface area contributed by atoms with Crippen LogP contribution >= 0.6 is 11.8 Å². The highest BCUT2D eigenvalue weighted by Gasteiger charge is 2.02. The zero-order valence-corrected chi connectivity index (χ0v) is 11.5. The van der Waals surface area contributed by atoms with Gasteiger partial charge >= 0.3 is 0 Å². The quantitative estimate of drug-likeness (QED) is 0.430. The van der Waals surface area contributed by atoms with E-state index in [2.05, 4.69) is 38.2 Å². The van der Waals surface area contributed by atoms with E-state index in [1.165, 1.54) is 18.4 Å². The van der Waals surface area contributed by atoms with Crippen LogP contribution in [0.15, 0.2) is 24.8 Å². The molecule has 0 aliphatic carbocycles. The highest BCUT2D eigenvalue weighted by molar-refractivity contribution is 7.99. The zero-order chi connectivity index (χ0) is 12.2. The summed E-state index contributed by atoms with van der Waals surface area (Å²) in [5.41, 5.74) is 1.27. The smallest absolute Gasteiger partial charge is 0.0296 e. The molecular weight excluding hydrogens is 212 g/mol. The molecule has 1 heteroatoms. The molecule has 0 aliphatic rings. The molecule has 90 valence electrons. The summed E-state index contributed by atoms with van der Waals surface area (Å²) in [6, 6.07) is 0. The van der Waals surface area contributed by atoms with Gasteiger partial charge in [-0.2, -0.15) is 11.8 Å². The van der Waals surface area contributed by atoms with Crippen LogP contribution in [0.1, 0.15) is 45.4 Å². The maximum atomic E-state index is 4.01. The van der Waals surface area contributed by atoms with Crippen LogP contribution in [-0.4, -0.2) is 11.5 Å². The lowest BCUT2D eigenvalue weighted by Crippen LogP contribution is -1.99. The Hall–Kier alpha value is -0.610. The van der Waals surface area contributed by atoms with E-state index in [4.69, 9.17) is 0 Å². The van der Waals surface area contributed by atoms with Crippen molar-refractivity contribution in [1.29, 1.82) is 0 Å². The molecule has 0 aromatic heterocycles. The minimum Gasteiger partial charge on any atom is -0.161 e. The molecule has 0 nitrogen and oxygen atoms in total. The Morgan fingerprint density at radius 1 is 1.44 bits per heavy atom. The van der Waals surface area contributed by atoms with Gasteiger partial charge in [-0.3, -0.25) is 0 Å². The fourth-order valence-corrected chi connectivity index (χ4v) is 2.04.